The van der Waals surface area contributed by atoms with Crippen molar-refractivity contribution in [3.8, 4) is 0 Å². The van der Waals surface area contributed by atoms with Gasteiger partial charge in [-0.3, -0.25) is 24.8 Å². The summed E-state index contributed by atoms with van der Waals surface area (Å²) in [6, 6.07) is 8.98. The Balaban J connectivity index is 2.10. The van der Waals surface area contributed by atoms with Gasteiger partial charge in [0.2, 0.25) is 11.7 Å². The average Bonchev–Trinajstić information content (AvgIpc) is 2.66. The molecule has 140 valence electrons. The molecule has 1 aromatic rings. The highest BCUT2D eigenvalue weighted by molar-refractivity contribution is 6.39. The molecule has 3 amide bonds. The quantitative estimate of drug-likeness (QED) is 0.714. The Morgan fingerprint density at radius 2 is 1.96 bits per heavy atom. The molecule has 8 heteroatoms. The molecule has 1 aliphatic heterocycles. The molecule has 0 aromatic heterocycles. The third kappa shape index (κ3) is 5.05. The summed E-state index contributed by atoms with van der Waals surface area (Å²) >= 11 is 0. The van der Waals surface area contributed by atoms with Gasteiger partial charge in [-0.15, -0.1) is 0 Å². The maximum atomic E-state index is 12.8. The van der Waals surface area contributed by atoms with Gasteiger partial charge in [0.1, 0.15) is 6.54 Å². The molecule has 0 saturated heterocycles. The third-order valence-corrected chi connectivity index (χ3v) is 3.74. The number of hydrogen-bond donors (Lipinski definition) is 2. The predicted octanol–water partition coefficient (Wildman–Crippen LogP) is 0.701. The van der Waals surface area contributed by atoms with Crippen molar-refractivity contribution in [2.75, 3.05) is 31.2 Å². The van der Waals surface area contributed by atoms with Crippen molar-refractivity contribution in [1.82, 2.24) is 15.6 Å². The third-order valence-electron chi connectivity index (χ3n) is 3.74. The van der Waals surface area contributed by atoms with E-state index in [9.17, 15) is 14.4 Å². The Bertz CT molecular complexity index is 675. The second kappa shape index (κ2) is 9.55. The van der Waals surface area contributed by atoms with E-state index in [0.29, 0.717) is 25.2 Å². The highest BCUT2D eigenvalue weighted by atomic mass is 16.2. The van der Waals surface area contributed by atoms with Crippen LogP contribution in [0.25, 0.3) is 0 Å². The molecule has 0 bridgehead atoms. The number of para-hydroxylation sites is 1. The fraction of sp³-hybridized carbons (Fsp3) is 0.444. The molecule has 1 aliphatic rings. The minimum Gasteiger partial charge on any atom is -0.355 e. The van der Waals surface area contributed by atoms with Crippen molar-refractivity contribution in [3.05, 3.63) is 30.3 Å². The van der Waals surface area contributed by atoms with E-state index < -0.39 is 5.91 Å². The number of amidine groups is 1. The summed E-state index contributed by atoms with van der Waals surface area (Å²) in [7, 11) is 0. The molecule has 8 nitrogen and oxygen atoms in total. The summed E-state index contributed by atoms with van der Waals surface area (Å²) in [5.41, 5.74) is 3.41. The maximum Gasteiger partial charge on any atom is 0.291 e. The van der Waals surface area contributed by atoms with Crippen molar-refractivity contribution in [3.63, 3.8) is 0 Å². The van der Waals surface area contributed by atoms with Crippen LogP contribution < -0.4 is 15.8 Å². The van der Waals surface area contributed by atoms with E-state index in [-0.39, 0.29) is 30.7 Å². The molecule has 26 heavy (non-hydrogen) atoms. The number of benzene rings is 1. The molecule has 0 radical (unpaired) electrons. The number of amides is 3. The fourth-order valence-electron chi connectivity index (χ4n) is 2.49. The Labute approximate surface area is 153 Å². The first kappa shape index (κ1) is 19.4. The molecule has 0 unspecified atom stereocenters. The average molecular weight is 359 g/mol. The molecule has 0 saturated carbocycles. The van der Waals surface area contributed by atoms with Crippen LogP contribution in [0.15, 0.2) is 35.3 Å². The van der Waals surface area contributed by atoms with Gasteiger partial charge in [-0.2, -0.15) is 0 Å². The smallest absolute Gasteiger partial charge is 0.291 e. The molecule has 1 heterocycles. The highest BCUT2D eigenvalue weighted by Gasteiger charge is 2.29. The van der Waals surface area contributed by atoms with Crippen LogP contribution in [-0.2, 0) is 14.4 Å². The molecule has 1 aromatic carbocycles. The number of nitrogens with zero attached hydrogens (tertiary/aromatic N) is 3. The van der Waals surface area contributed by atoms with Crippen LogP contribution in [0.3, 0.4) is 0 Å². The van der Waals surface area contributed by atoms with Crippen LogP contribution in [0.4, 0.5) is 5.69 Å². The lowest BCUT2D eigenvalue weighted by atomic mass is 10.3. The van der Waals surface area contributed by atoms with Crippen molar-refractivity contribution in [2.45, 2.75) is 26.7 Å². The van der Waals surface area contributed by atoms with Gasteiger partial charge >= 0.3 is 0 Å². The topological polar surface area (TPSA) is 94.1 Å². The number of carbonyl (C=O) groups excluding carboxylic acids is 3. The van der Waals surface area contributed by atoms with Gasteiger partial charge in [-0.25, -0.2) is 5.01 Å². The zero-order valence-electron chi connectivity index (χ0n) is 15.2. The fourth-order valence-corrected chi connectivity index (χ4v) is 2.49. The van der Waals surface area contributed by atoms with Gasteiger partial charge in [0.05, 0.1) is 12.2 Å². The van der Waals surface area contributed by atoms with Gasteiger partial charge in [0.25, 0.3) is 11.8 Å². The lowest BCUT2D eigenvalue weighted by Crippen LogP contribution is -2.57. The Morgan fingerprint density at radius 3 is 2.62 bits per heavy atom. The van der Waals surface area contributed by atoms with E-state index in [1.807, 2.05) is 19.9 Å². The molecule has 0 spiro atoms. The summed E-state index contributed by atoms with van der Waals surface area (Å²) in [6.45, 7) is 4.74. The van der Waals surface area contributed by atoms with Gasteiger partial charge in [-0.1, -0.05) is 32.0 Å². The normalized spacial score (nSPS) is 13.7. The van der Waals surface area contributed by atoms with Crippen LogP contribution in [-0.4, -0.2) is 54.6 Å². The molecular weight excluding hydrogens is 334 g/mol. The number of hydrogen-bond acceptors (Lipinski definition) is 5. The zero-order chi connectivity index (χ0) is 18.9. The second-order valence-corrected chi connectivity index (χ2v) is 5.92. The first-order valence-electron chi connectivity index (χ1n) is 8.81. The summed E-state index contributed by atoms with van der Waals surface area (Å²) in [5.74, 6) is -0.798. The lowest BCUT2D eigenvalue weighted by molar-refractivity contribution is -0.131. The van der Waals surface area contributed by atoms with Crippen molar-refractivity contribution in [2.24, 2.45) is 4.99 Å². The van der Waals surface area contributed by atoms with Crippen LogP contribution in [0.2, 0.25) is 0 Å². The second-order valence-electron chi connectivity index (χ2n) is 5.92. The number of anilines is 1. The number of nitrogens with one attached hydrogen (secondary N) is 2. The lowest BCUT2D eigenvalue weighted by Gasteiger charge is -2.30. The Morgan fingerprint density at radius 1 is 1.23 bits per heavy atom. The molecule has 0 aliphatic carbocycles. The van der Waals surface area contributed by atoms with E-state index in [1.165, 1.54) is 9.91 Å². The Kier molecular flexibility index (Phi) is 7.13. The van der Waals surface area contributed by atoms with Gasteiger partial charge in [0.15, 0.2) is 0 Å². The van der Waals surface area contributed by atoms with E-state index >= 15 is 0 Å². The summed E-state index contributed by atoms with van der Waals surface area (Å²) in [6.07, 6.45) is 1.54. The van der Waals surface area contributed by atoms with Crippen molar-refractivity contribution >= 4 is 29.2 Å². The zero-order valence-corrected chi connectivity index (χ0v) is 15.2. The van der Waals surface area contributed by atoms with Crippen molar-refractivity contribution in [1.29, 1.82) is 0 Å². The van der Waals surface area contributed by atoms with E-state index in [2.05, 4.69) is 15.7 Å². The number of rotatable bonds is 8. The number of hydrazine groups is 1. The first-order chi connectivity index (χ1) is 12.6. The monoisotopic (exact) mass is 359 g/mol. The van der Waals surface area contributed by atoms with Gasteiger partial charge in [-0.05, 0) is 25.0 Å². The van der Waals surface area contributed by atoms with Crippen LogP contribution in [0, 0.1) is 0 Å². The molecule has 0 fully saturated rings. The highest BCUT2D eigenvalue weighted by Crippen LogP contribution is 2.13. The molecule has 2 N–H and O–H groups in total. The van der Waals surface area contributed by atoms with Crippen LogP contribution in [0.5, 0.6) is 0 Å². The standard InChI is InChI=1S/C18H25N5O3/c1-3-10-19-15(24)13-22(11-4-2)18(26)17-20-12-16(25)23(21-17)14-8-6-5-7-9-14/h5-9H,3-4,10-13H2,1-2H3,(H,19,24)(H,20,21). The number of carbonyl (C=O) groups is 3. The van der Waals surface area contributed by atoms with Crippen LogP contribution in [0.1, 0.15) is 26.7 Å². The van der Waals surface area contributed by atoms with Crippen molar-refractivity contribution < 1.29 is 14.4 Å². The largest absolute Gasteiger partial charge is 0.355 e. The van der Waals surface area contributed by atoms with E-state index in [4.69, 9.17) is 0 Å². The number of aliphatic imine (C=N–C) groups is 1. The van der Waals surface area contributed by atoms with Gasteiger partial charge < -0.3 is 10.2 Å². The SMILES string of the molecule is CCCNC(=O)CN(CCC)C(=O)C1=NCC(=O)N(c2ccccc2)N1. The van der Waals surface area contributed by atoms with E-state index in [0.717, 1.165) is 6.42 Å². The first-order valence-corrected chi connectivity index (χ1v) is 8.81. The Hall–Kier alpha value is -2.90. The minimum absolute atomic E-state index is 0.0351. The molecule has 0 atom stereocenters. The van der Waals surface area contributed by atoms with Gasteiger partial charge in [0, 0.05) is 13.1 Å². The molecular formula is C18H25N5O3. The van der Waals surface area contributed by atoms with Crippen LogP contribution >= 0.6 is 0 Å². The predicted molar refractivity (Wildman–Crippen MR) is 99.5 cm³/mol. The maximum absolute atomic E-state index is 12.8. The van der Waals surface area contributed by atoms with E-state index in [1.54, 1.807) is 24.3 Å². The molecule has 2 rings (SSSR count). The summed E-state index contributed by atoms with van der Waals surface area (Å²) in [5, 5.41) is 4.07. The summed E-state index contributed by atoms with van der Waals surface area (Å²) < 4.78 is 0. The minimum atomic E-state index is -0.396. The summed E-state index contributed by atoms with van der Waals surface area (Å²) in [4.78, 5) is 42.4.